The van der Waals surface area contributed by atoms with Gasteiger partial charge in [0.15, 0.2) is 0 Å². The molecule has 2 fully saturated rings. The predicted molar refractivity (Wildman–Crippen MR) is 312 cm³/mol. The number of carbonyl (C=O) groups is 3. The van der Waals surface area contributed by atoms with Crippen molar-refractivity contribution in [2.45, 2.75) is 112 Å². The van der Waals surface area contributed by atoms with Crippen LogP contribution in [0.3, 0.4) is 0 Å². The van der Waals surface area contributed by atoms with E-state index >= 15 is 0 Å². The molecule has 7 atom stereocenters. The highest BCUT2D eigenvalue weighted by molar-refractivity contribution is 7.89. The second-order valence-electron chi connectivity index (χ2n) is 21.4. The number of nitrogens with two attached hydrogens (primary N) is 2. The molecule has 8 N–H and O–H groups in total. The Morgan fingerprint density at radius 1 is 0.643 bits per heavy atom. The van der Waals surface area contributed by atoms with Gasteiger partial charge < -0.3 is 56.0 Å². The fourth-order valence-electron chi connectivity index (χ4n) is 9.20. The molecule has 0 aliphatic carbocycles. The molecule has 2 aliphatic heterocycles. The number of nitro groups is 1. The SMILES string of the molecule is CC(C)CN(C[C@@H](O)[C@H](Cc1ccccc1)NC(=O)O[C@H]1CCOC1)S(=O)(=O)c1ccc([N+](=O)[O-])cc1.CC(C)CN(C[C@@H](OC(=O)[C@@H](N)Cc1ccc(O)cc1)[C@H](Cc1ccccc1)NC(=O)O[C@H]1CCOC1)S(=O)(=O)c1ccc(N)cc1. The Kier molecular flexibility index (Phi) is 24.8. The molecule has 456 valence electrons. The van der Waals surface area contributed by atoms with E-state index < -0.39 is 79.6 Å². The zero-order chi connectivity index (χ0) is 61.0. The molecule has 5 aromatic rings. The highest BCUT2D eigenvalue weighted by atomic mass is 32.2. The van der Waals surface area contributed by atoms with Crippen molar-refractivity contribution in [1.29, 1.82) is 0 Å². The normalized spacial score (nSPS) is 17.1. The zero-order valence-corrected chi connectivity index (χ0v) is 49.1. The van der Waals surface area contributed by atoms with Crippen LogP contribution < -0.4 is 22.1 Å². The maximum Gasteiger partial charge on any atom is 0.407 e. The first-order valence-electron chi connectivity index (χ1n) is 27.7. The van der Waals surface area contributed by atoms with Gasteiger partial charge in [-0.3, -0.25) is 14.9 Å². The number of alkyl carbamates (subject to hydrolysis) is 2. The van der Waals surface area contributed by atoms with E-state index in [1.165, 1.54) is 52.8 Å². The van der Waals surface area contributed by atoms with E-state index in [0.29, 0.717) is 43.9 Å². The van der Waals surface area contributed by atoms with Gasteiger partial charge in [0.05, 0.1) is 65.9 Å². The maximum atomic E-state index is 14.0. The molecule has 2 aliphatic rings. The second-order valence-corrected chi connectivity index (χ2v) is 25.3. The van der Waals surface area contributed by atoms with Gasteiger partial charge in [-0.05, 0) is 96.3 Å². The fraction of sp³-hybridized carbons (Fsp3) is 0.441. The number of hydrogen-bond acceptors (Lipinski definition) is 18. The van der Waals surface area contributed by atoms with Gasteiger partial charge in [-0.1, -0.05) is 100 Å². The average Bonchev–Trinajstić information content (AvgIpc) is 4.34. The number of nitrogen functional groups attached to an aromatic ring is 1. The minimum Gasteiger partial charge on any atom is -0.508 e. The van der Waals surface area contributed by atoms with Gasteiger partial charge in [0.1, 0.15) is 30.1 Å². The summed E-state index contributed by atoms with van der Waals surface area (Å²) in [6.45, 7) is 8.57. The molecule has 84 heavy (non-hydrogen) atoms. The van der Waals surface area contributed by atoms with Crippen molar-refractivity contribution in [2.75, 3.05) is 58.3 Å². The number of aromatic hydroxyl groups is 1. The molecule has 2 heterocycles. The van der Waals surface area contributed by atoms with Crippen LogP contribution in [0.2, 0.25) is 0 Å². The van der Waals surface area contributed by atoms with Gasteiger partial charge in [0.25, 0.3) is 5.69 Å². The van der Waals surface area contributed by atoms with Crippen molar-refractivity contribution in [3.05, 3.63) is 160 Å². The molecule has 0 unspecified atom stereocenters. The van der Waals surface area contributed by atoms with Crippen LogP contribution in [0.5, 0.6) is 5.75 Å². The molecule has 0 aromatic heterocycles. The van der Waals surface area contributed by atoms with Gasteiger partial charge in [-0.2, -0.15) is 8.61 Å². The van der Waals surface area contributed by atoms with E-state index in [4.69, 9.17) is 35.2 Å². The van der Waals surface area contributed by atoms with Crippen molar-refractivity contribution in [3.8, 4) is 5.75 Å². The highest BCUT2D eigenvalue weighted by Crippen LogP contribution is 2.25. The summed E-state index contributed by atoms with van der Waals surface area (Å²) < 4.78 is 84.9. The number of rotatable bonds is 27. The Hall–Kier alpha value is -7.23. The fourth-order valence-corrected chi connectivity index (χ4v) is 12.4. The molecule has 0 radical (unpaired) electrons. The van der Waals surface area contributed by atoms with E-state index in [9.17, 15) is 51.5 Å². The lowest BCUT2D eigenvalue weighted by molar-refractivity contribution is -0.384. The highest BCUT2D eigenvalue weighted by Gasteiger charge is 2.37. The summed E-state index contributed by atoms with van der Waals surface area (Å²) in [5.41, 5.74) is 14.6. The number of benzene rings is 5. The van der Waals surface area contributed by atoms with E-state index in [0.717, 1.165) is 27.6 Å². The Morgan fingerprint density at radius 3 is 1.54 bits per heavy atom. The van der Waals surface area contributed by atoms with E-state index in [2.05, 4.69) is 10.6 Å². The number of aliphatic hydroxyl groups is 1. The van der Waals surface area contributed by atoms with Gasteiger partial charge in [0.2, 0.25) is 20.0 Å². The Morgan fingerprint density at radius 2 is 1.08 bits per heavy atom. The topological polar surface area (TPSA) is 332 Å². The number of sulfonamides is 2. The van der Waals surface area contributed by atoms with Crippen LogP contribution in [0.15, 0.2) is 143 Å². The molecule has 0 spiro atoms. The van der Waals surface area contributed by atoms with E-state index in [-0.39, 0.29) is 91.2 Å². The van der Waals surface area contributed by atoms with Crippen molar-refractivity contribution in [3.63, 3.8) is 0 Å². The van der Waals surface area contributed by atoms with Gasteiger partial charge in [0, 0.05) is 50.3 Å². The third-order valence-electron chi connectivity index (χ3n) is 13.5. The summed E-state index contributed by atoms with van der Waals surface area (Å²) in [7, 11) is -8.20. The Balaban J connectivity index is 0.000000277. The number of aliphatic hydroxyl groups excluding tert-OH is 1. The molecule has 2 saturated heterocycles. The molecule has 25 heteroatoms. The van der Waals surface area contributed by atoms with Crippen molar-refractivity contribution in [2.24, 2.45) is 17.6 Å². The molecule has 5 aromatic carbocycles. The van der Waals surface area contributed by atoms with Gasteiger partial charge >= 0.3 is 18.2 Å². The van der Waals surface area contributed by atoms with Crippen LogP contribution in [0.1, 0.15) is 57.2 Å². The molecule has 7 rings (SSSR count). The molecular formula is C59H77N7O16S2. The minimum atomic E-state index is -4.10. The monoisotopic (exact) mass is 1200 g/mol. The maximum absolute atomic E-state index is 14.0. The number of nitrogens with zero attached hydrogens (tertiary/aromatic N) is 3. The quantitative estimate of drug-likeness (QED) is 0.0116. The number of nitro benzene ring substituents is 1. The number of non-ortho nitro benzene ring substituents is 1. The van der Waals surface area contributed by atoms with Crippen LogP contribution in [-0.4, -0.2) is 154 Å². The van der Waals surface area contributed by atoms with E-state index in [1.807, 2.05) is 88.4 Å². The van der Waals surface area contributed by atoms with Crippen LogP contribution in [0.4, 0.5) is 21.0 Å². The first-order chi connectivity index (χ1) is 40.0. The molecule has 2 amide bonds. The largest absolute Gasteiger partial charge is 0.508 e. The number of nitrogens with one attached hydrogen (secondary N) is 2. The number of hydrogen-bond donors (Lipinski definition) is 6. The molecular weight excluding hydrogens is 1130 g/mol. The lowest BCUT2D eigenvalue weighted by Gasteiger charge is -2.33. The third kappa shape index (κ3) is 20.5. The summed E-state index contributed by atoms with van der Waals surface area (Å²) in [6, 6.07) is 32.3. The molecule has 0 saturated carbocycles. The smallest absolute Gasteiger partial charge is 0.407 e. The van der Waals surface area contributed by atoms with Crippen LogP contribution in [-0.2, 0) is 67.8 Å². The van der Waals surface area contributed by atoms with Crippen LogP contribution in [0, 0.1) is 22.0 Å². The predicted octanol–water partition coefficient (Wildman–Crippen LogP) is 5.96. The summed E-state index contributed by atoms with van der Waals surface area (Å²) in [5.74, 6) is -0.884. The lowest BCUT2D eigenvalue weighted by Crippen LogP contribution is -2.54. The van der Waals surface area contributed by atoms with E-state index in [1.54, 1.807) is 12.1 Å². The number of anilines is 1. The van der Waals surface area contributed by atoms with Crippen molar-refractivity contribution >= 4 is 49.6 Å². The molecule has 0 bridgehead atoms. The van der Waals surface area contributed by atoms with Crippen molar-refractivity contribution < 1.29 is 70.0 Å². The van der Waals surface area contributed by atoms with Crippen LogP contribution >= 0.6 is 0 Å². The number of ether oxygens (including phenoxy) is 5. The first-order valence-corrected chi connectivity index (χ1v) is 30.5. The standard InChI is InChI=1S/C34H44N4O8S.C25H33N3O8S/c1-23(2)20-38(47(42,43)29-14-10-26(35)11-15-29)21-32(46-33(40)30(36)18-25-8-12-27(39)13-9-25)31(19-24-6-4-3-5-7-24)37-34(41)45-28-16-17-44-22-28;1-18(2)15-27(37(33,34)22-10-8-20(9-11-22)28(31)32)16-24(29)23(14-19-6-4-3-5-7-19)26-25(30)36-21-12-13-35-17-21/h3-15,23,28,30-32,39H,16-22,35-36H2,1-2H3,(H,37,41);3-11,18,21,23-24,29H,12-17H2,1-2H3,(H,26,30)/t28-,30-,31-,32+;21-,23-,24+/m00/s1. The number of carbonyl (C=O) groups excluding carboxylic acids is 3. The Labute approximate surface area is 490 Å². The summed E-state index contributed by atoms with van der Waals surface area (Å²) in [6.07, 6.45) is -3.07. The van der Waals surface area contributed by atoms with Crippen LogP contribution in [0.25, 0.3) is 0 Å². The number of amides is 2. The molecule has 23 nitrogen and oxygen atoms in total. The van der Waals surface area contributed by atoms with Crippen molar-refractivity contribution in [1.82, 2.24) is 19.2 Å². The number of phenols is 1. The minimum absolute atomic E-state index is 0.0228. The zero-order valence-electron chi connectivity index (χ0n) is 47.5. The number of phenolic OH excluding ortho intramolecular Hbond substituents is 1. The average molecular weight is 1200 g/mol. The summed E-state index contributed by atoms with van der Waals surface area (Å²) in [5, 5.41) is 37.4. The Bertz CT molecular complexity index is 3100. The summed E-state index contributed by atoms with van der Waals surface area (Å²) >= 11 is 0. The third-order valence-corrected chi connectivity index (χ3v) is 17.2. The second kappa shape index (κ2) is 31.6. The first kappa shape index (κ1) is 65.9. The van der Waals surface area contributed by atoms with Gasteiger partial charge in [-0.15, -0.1) is 0 Å². The lowest BCUT2D eigenvalue weighted by atomic mass is 10.0. The van der Waals surface area contributed by atoms with Gasteiger partial charge in [-0.25, -0.2) is 26.4 Å². The summed E-state index contributed by atoms with van der Waals surface area (Å²) in [4.78, 5) is 49.6. The number of esters is 1.